The van der Waals surface area contributed by atoms with Crippen molar-refractivity contribution in [3.8, 4) is 0 Å². The molecule has 0 saturated carbocycles. The molecule has 4 rings (SSSR count). The highest BCUT2D eigenvalue weighted by atomic mass is 35.5. The summed E-state index contributed by atoms with van der Waals surface area (Å²) in [5.74, 6) is -2.57. The Labute approximate surface area is 207 Å². The summed E-state index contributed by atoms with van der Waals surface area (Å²) < 4.78 is 31.3. The third kappa shape index (κ3) is 5.79. The molecule has 9 nitrogen and oxygen atoms in total. The Hall–Kier alpha value is -3.47. The number of halogens is 3. The molecule has 0 radical (unpaired) electrons. The van der Waals surface area contributed by atoms with Gasteiger partial charge in [0.1, 0.15) is 25.0 Å². The van der Waals surface area contributed by atoms with E-state index in [1.165, 1.54) is 48.5 Å². The number of nitrogens with zero attached hydrogens (tertiary/aromatic N) is 1. The van der Waals surface area contributed by atoms with Gasteiger partial charge in [-0.3, -0.25) is 14.3 Å². The maximum absolute atomic E-state index is 13.8. The van der Waals surface area contributed by atoms with Crippen LogP contribution in [0.25, 0.3) is 0 Å². The van der Waals surface area contributed by atoms with Gasteiger partial charge in [0.15, 0.2) is 0 Å². The summed E-state index contributed by atoms with van der Waals surface area (Å²) in [6, 6.07) is 12.0. The molecule has 0 spiro atoms. The number of nitrogens with one attached hydrogen (secondary N) is 1. The molecule has 3 aromatic rings. The highest BCUT2D eigenvalue weighted by Gasteiger charge is 2.40. The monoisotopic (exact) mass is 525 g/mol. The molecular formula is C23H17Cl2FN2O7. The molecule has 0 unspecified atom stereocenters. The lowest BCUT2D eigenvalue weighted by Gasteiger charge is -2.19. The number of hydrogen-bond donors (Lipinski definition) is 1. The number of benzene rings is 2. The van der Waals surface area contributed by atoms with Gasteiger partial charge in [-0.25, -0.2) is 14.4 Å². The van der Waals surface area contributed by atoms with Crippen molar-refractivity contribution in [2.75, 3.05) is 6.61 Å². The quantitative estimate of drug-likeness (QED) is 0.490. The maximum Gasteiger partial charge on any atom is 0.338 e. The van der Waals surface area contributed by atoms with Crippen LogP contribution in [0.15, 0.2) is 64.3 Å². The lowest BCUT2D eigenvalue weighted by Crippen LogP contribution is -2.34. The van der Waals surface area contributed by atoms with Gasteiger partial charge >= 0.3 is 17.6 Å². The topological polar surface area (TPSA) is 117 Å². The molecule has 0 bridgehead atoms. The Bertz CT molecular complexity index is 1360. The molecule has 0 aliphatic carbocycles. The van der Waals surface area contributed by atoms with Gasteiger partial charge < -0.3 is 14.2 Å². The summed E-state index contributed by atoms with van der Waals surface area (Å²) >= 11 is 11.7. The van der Waals surface area contributed by atoms with E-state index in [9.17, 15) is 23.6 Å². The van der Waals surface area contributed by atoms with Gasteiger partial charge in [-0.05, 0) is 48.5 Å². The first kappa shape index (κ1) is 24.6. The van der Waals surface area contributed by atoms with Crippen LogP contribution in [0.1, 0.15) is 33.4 Å². The molecule has 1 saturated heterocycles. The summed E-state index contributed by atoms with van der Waals surface area (Å²) in [6.07, 6.45) is -2.44. The Morgan fingerprint density at radius 1 is 1.00 bits per heavy atom. The van der Waals surface area contributed by atoms with Gasteiger partial charge in [0.05, 0.1) is 17.3 Å². The van der Waals surface area contributed by atoms with E-state index in [1.807, 2.05) is 4.98 Å². The van der Waals surface area contributed by atoms with Crippen molar-refractivity contribution in [3.05, 3.63) is 103 Å². The fraction of sp³-hybridized carbons (Fsp3) is 0.217. The Balaban J connectivity index is 1.53. The van der Waals surface area contributed by atoms with Crippen molar-refractivity contribution in [3.63, 3.8) is 0 Å². The Morgan fingerprint density at radius 3 is 2.17 bits per heavy atom. The largest absolute Gasteiger partial charge is 0.459 e. The fourth-order valence-electron chi connectivity index (χ4n) is 3.44. The molecular weight excluding hydrogens is 509 g/mol. The Morgan fingerprint density at radius 2 is 1.57 bits per heavy atom. The maximum atomic E-state index is 13.8. The molecule has 12 heteroatoms. The van der Waals surface area contributed by atoms with Crippen LogP contribution in [0.2, 0.25) is 10.0 Å². The number of carbonyl (C=O) groups excluding carboxylic acids is 2. The standard InChI is InChI=1S/C23H17Cl2FN2O7/c24-14-5-1-12(2-6-14)21(30)33-11-18-17(35-22(31)13-3-7-15(25)8-4-13)9-19(34-18)28-10-16(26)20(29)27-23(28)32/h1-8,10,17-19H,9,11H2,(H,27,29,32)/t17-,18-,19+/m1/s1/i23+1,27+1,28+1. The van der Waals surface area contributed by atoms with Crippen LogP contribution in [0.5, 0.6) is 0 Å². The molecule has 3 atom stereocenters. The van der Waals surface area contributed by atoms with Crippen LogP contribution in [0.3, 0.4) is 0 Å². The van der Waals surface area contributed by atoms with Gasteiger partial charge in [0, 0.05) is 16.5 Å². The van der Waals surface area contributed by atoms with Gasteiger partial charge in [-0.2, -0.15) is 4.39 Å². The summed E-state index contributed by atoms with van der Waals surface area (Å²) in [5.41, 5.74) is -1.65. The Kier molecular flexibility index (Phi) is 7.34. The first-order chi connectivity index (χ1) is 16.7. The van der Waals surface area contributed by atoms with E-state index in [4.69, 9.17) is 37.4 Å². The van der Waals surface area contributed by atoms with E-state index < -0.39 is 47.4 Å². The third-order valence-corrected chi connectivity index (χ3v) is 5.72. The molecule has 2 aromatic carbocycles. The number of H-pyrrole nitrogens is 1. The van der Waals surface area contributed by atoms with Gasteiger partial charge in [-0.15, -0.1) is 0 Å². The van der Waals surface area contributed by atoms with Gasteiger partial charge in [-0.1, -0.05) is 23.2 Å². The van der Waals surface area contributed by atoms with Crippen molar-refractivity contribution < 1.29 is 28.2 Å². The zero-order valence-electron chi connectivity index (χ0n) is 17.8. The van der Waals surface area contributed by atoms with Crippen molar-refractivity contribution in [1.82, 2.24) is 9.55 Å². The summed E-state index contributed by atoms with van der Waals surface area (Å²) in [5, 5.41) is 0.869. The van der Waals surface area contributed by atoms with Crippen LogP contribution < -0.4 is 11.2 Å². The molecule has 1 aliphatic heterocycles. The number of carbonyl (C=O) groups is 2. The number of hydrogen-bond acceptors (Lipinski definition) is 7. The van der Waals surface area contributed by atoms with Crippen LogP contribution >= 0.6 is 23.2 Å². The molecule has 1 N–H and O–H groups in total. The van der Waals surface area contributed by atoms with E-state index in [1.54, 1.807) is 0 Å². The fourth-order valence-corrected chi connectivity index (χ4v) is 3.69. The second-order valence-corrected chi connectivity index (χ2v) is 8.44. The second-order valence-electron chi connectivity index (χ2n) is 7.56. The number of ether oxygens (including phenoxy) is 3. The summed E-state index contributed by atoms with van der Waals surface area (Å²) in [4.78, 5) is 50.4. The van der Waals surface area contributed by atoms with Crippen molar-refractivity contribution in [2.24, 2.45) is 0 Å². The average Bonchev–Trinajstić information content (AvgIpc) is 3.22. The molecule has 0 amide bonds. The van der Waals surface area contributed by atoms with E-state index in [0.29, 0.717) is 16.2 Å². The van der Waals surface area contributed by atoms with Gasteiger partial charge in [0.2, 0.25) is 5.82 Å². The lowest BCUT2D eigenvalue weighted by atomic mass is 10.1. The van der Waals surface area contributed by atoms with E-state index in [0.717, 1.165) is 4.57 Å². The minimum atomic E-state index is -1.19. The molecule has 1 aliphatic rings. The SMILES string of the molecule is O=C(OC[C@H]1O[C@H]([15n]2cc(F)c(=O)[15nH][13c]2=O)C[C@H]1OC(=O)c1ccc(Cl)cc1)c1ccc(Cl)cc1. The van der Waals surface area contributed by atoms with Crippen molar-refractivity contribution in [1.29, 1.82) is 0 Å². The van der Waals surface area contributed by atoms with Crippen molar-refractivity contribution in [2.45, 2.75) is 24.9 Å². The summed E-state index contributed by atoms with van der Waals surface area (Å²) in [7, 11) is 0. The summed E-state index contributed by atoms with van der Waals surface area (Å²) in [6.45, 7) is -0.336. The van der Waals surface area contributed by atoms with E-state index in [-0.39, 0.29) is 24.2 Å². The second kappa shape index (κ2) is 10.4. The van der Waals surface area contributed by atoms with Gasteiger partial charge in [0.25, 0.3) is 5.56 Å². The lowest BCUT2D eigenvalue weighted by molar-refractivity contribution is -0.0584. The zero-order valence-corrected chi connectivity index (χ0v) is 19.3. The number of rotatable bonds is 6. The molecule has 35 heavy (non-hydrogen) atoms. The zero-order chi connectivity index (χ0) is 25.1. The number of aromatic nitrogens is 2. The molecule has 1 fully saturated rings. The molecule has 1 aromatic heterocycles. The highest BCUT2D eigenvalue weighted by Crippen LogP contribution is 2.31. The van der Waals surface area contributed by atoms with E-state index in [2.05, 4.69) is 0 Å². The van der Waals surface area contributed by atoms with Crippen LogP contribution in [0, 0.1) is 5.82 Å². The molecule has 2 heterocycles. The normalized spacial score (nSPS) is 19.3. The third-order valence-electron chi connectivity index (χ3n) is 5.21. The average molecular weight is 526 g/mol. The number of esters is 2. The predicted molar refractivity (Wildman–Crippen MR) is 122 cm³/mol. The van der Waals surface area contributed by atoms with Crippen LogP contribution in [-0.4, -0.2) is 40.3 Å². The first-order valence-corrected chi connectivity index (χ1v) is 11.0. The minimum Gasteiger partial charge on any atom is -0.459 e. The minimum absolute atomic E-state index is 0.0755. The smallest absolute Gasteiger partial charge is 0.338 e. The van der Waals surface area contributed by atoms with Crippen LogP contribution in [-0.2, 0) is 14.2 Å². The number of aromatic amines is 1. The van der Waals surface area contributed by atoms with Crippen LogP contribution in [0.4, 0.5) is 4.39 Å². The van der Waals surface area contributed by atoms with E-state index >= 15 is 0 Å². The first-order valence-electron chi connectivity index (χ1n) is 10.3. The van der Waals surface area contributed by atoms with Crippen molar-refractivity contribution >= 4 is 35.1 Å². The molecule has 182 valence electrons. The predicted octanol–water partition coefficient (Wildman–Crippen LogP) is 3.35. The highest BCUT2D eigenvalue weighted by molar-refractivity contribution is 6.31.